The Morgan fingerprint density at radius 1 is 1.05 bits per heavy atom. The molecular weight excluding hydrogens is 276 g/mol. The summed E-state index contributed by atoms with van der Waals surface area (Å²) in [6, 6.07) is 9.95. The van der Waals surface area contributed by atoms with Crippen LogP contribution in [0.4, 0.5) is 0 Å². The Labute approximate surface area is 130 Å². The van der Waals surface area contributed by atoms with E-state index in [9.17, 15) is 4.79 Å². The van der Waals surface area contributed by atoms with Crippen LogP contribution in [0.5, 0.6) is 0 Å². The van der Waals surface area contributed by atoms with Crippen LogP contribution in [-0.4, -0.2) is 18.4 Å². The molecule has 2 heterocycles. The molecule has 1 aliphatic carbocycles. The third kappa shape index (κ3) is 2.40. The fraction of sp³-hybridized carbons (Fsp3) is 0.421. The van der Waals surface area contributed by atoms with Gasteiger partial charge in [-0.05, 0) is 24.5 Å². The minimum atomic E-state index is -0.808. The first-order valence-corrected chi connectivity index (χ1v) is 8.02. The third-order valence-corrected chi connectivity index (χ3v) is 5.04. The molecule has 2 aliphatic heterocycles. The standard InChI is InChI=1S/C19H20O3/c20-17-16(9-8-15-6-2-1-3-7-15)12-19(22-17)13-18(14-21-19)10-4-5-11-18/h1-3,6-9,12H,4-5,10-11,13-14H2/b9-8+. The van der Waals surface area contributed by atoms with Gasteiger partial charge >= 0.3 is 5.97 Å². The van der Waals surface area contributed by atoms with E-state index in [0.717, 1.165) is 12.0 Å². The molecule has 0 amide bonds. The molecule has 1 saturated carbocycles. The summed E-state index contributed by atoms with van der Waals surface area (Å²) in [5.41, 5.74) is 1.89. The Bertz CT molecular complexity index is 638. The van der Waals surface area contributed by atoms with Crippen LogP contribution in [0.25, 0.3) is 6.08 Å². The Kier molecular flexibility index (Phi) is 3.19. The monoisotopic (exact) mass is 296 g/mol. The van der Waals surface area contributed by atoms with Gasteiger partial charge in [-0.2, -0.15) is 0 Å². The van der Waals surface area contributed by atoms with Crippen molar-refractivity contribution in [1.29, 1.82) is 0 Å². The molecule has 4 rings (SSSR count). The first kappa shape index (κ1) is 13.8. The summed E-state index contributed by atoms with van der Waals surface area (Å²) in [6.07, 6.45) is 11.4. The summed E-state index contributed by atoms with van der Waals surface area (Å²) >= 11 is 0. The first-order valence-electron chi connectivity index (χ1n) is 8.02. The van der Waals surface area contributed by atoms with Gasteiger partial charge in [-0.15, -0.1) is 0 Å². The van der Waals surface area contributed by atoms with Gasteiger partial charge in [0.05, 0.1) is 12.2 Å². The molecule has 0 bridgehead atoms. The second kappa shape index (κ2) is 5.10. The molecule has 0 aromatic heterocycles. The Morgan fingerprint density at radius 3 is 2.59 bits per heavy atom. The van der Waals surface area contributed by atoms with Crippen LogP contribution in [0.15, 0.2) is 48.1 Å². The maximum atomic E-state index is 12.1. The van der Waals surface area contributed by atoms with Gasteiger partial charge in [0, 0.05) is 17.9 Å². The van der Waals surface area contributed by atoms with Gasteiger partial charge in [0.1, 0.15) is 0 Å². The van der Waals surface area contributed by atoms with E-state index in [1.807, 2.05) is 48.6 Å². The van der Waals surface area contributed by atoms with E-state index < -0.39 is 5.79 Å². The molecule has 2 spiro atoms. The zero-order valence-corrected chi connectivity index (χ0v) is 12.6. The molecule has 22 heavy (non-hydrogen) atoms. The molecule has 3 aliphatic rings. The molecule has 1 aromatic rings. The minimum Gasteiger partial charge on any atom is -0.426 e. The average molecular weight is 296 g/mol. The number of carbonyl (C=O) groups is 1. The zero-order chi connectivity index (χ0) is 15.0. The highest BCUT2D eigenvalue weighted by Crippen LogP contribution is 2.52. The number of hydrogen-bond acceptors (Lipinski definition) is 3. The maximum absolute atomic E-state index is 12.1. The van der Waals surface area contributed by atoms with Crippen LogP contribution in [0.3, 0.4) is 0 Å². The van der Waals surface area contributed by atoms with Gasteiger partial charge in [-0.25, -0.2) is 4.79 Å². The lowest BCUT2D eigenvalue weighted by atomic mass is 9.83. The fourth-order valence-electron chi connectivity index (χ4n) is 3.91. The second-order valence-electron chi connectivity index (χ2n) is 6.72. The smallest absolute Gasteiger partial charge is 0.340 e. The SMILES string of the molecule is O=C1OC2(C=C1/C=C/c1ccccc1)CC1(CCCC1)CO2. The van der Waals surface area contributed by atoms with E-state index in [4.69, 9.17) is 9.47 Å². The first-order chi connectivity index (χ1) is 10.7. The number of benzene rings is 1. The highest BCUT2D eigenvalue weighted by atomic mass is 16.7. The van der Waals surface area contributed by atoms with Crippen molar-refractivity contribution in [3.63, 3.8) is 0 Å². The van der Waals surface area contributed by atoms with Crippen molar-refractivity contribution in [3.8, 4) is 0 Å². The summed E-state index contributed by atoms with van der Waals surface area (Å²) in [4.78, 5) is 12.1. The third-order valence-electron chi connectivity index (χ3n) is 5.04. The number of esters is 1. The Hall–Kier alpha value is -1.87. The number of rotatable bonds is 2. The summed E-state index contributed by atoms with van der Waals surface area (Å²) in [5.74, 6) is -1.08. The van der Waals surface area contributed by atoms with Crippen molar-refractivity contribution in [2.75, 3.05) is 6.61 Å². The minimum absolute atomic E-state index is 0.232. The predicted octanol–water partition coefficient (Wildman–Crippen LogP) is 3.86. The molecule has 0 radical (unpaired) electrons. The van der Waals surface area contributed by atoms with E-state index in [1.165, 1.54) is 25.7 Å². The Balaban J connectivity index is 1.54. The van der Waals surface area contributed by atoms with Crippen LogP contribution in [-0.2, 0) is 14.3 Å². The van der Waals surface area contributed by atoms with Crippen LogP contribution in [0.1, 0.15) is 37.7 Å². The molecule has 3 heteroatoms. The molecule has 114 valence electrons. The second-order valence-corrected chi connectivity index (χ2v) is 6.72. The molecule has 0 N–H and O–H groups in total. The van der Waals surface area contributed by atoms with Crippen LogP contribution in [0.2, 0.25) is 0 Å². The summed E-state index contributed by atoms with van der Waals surface area (Å²) in [7, 11) is 0. The van der Waals surface area contributed by atoms with Gasteiger partial charge in [-0.1, -0.05) is 49.2 Å². The van der Waals surface area contributed by atoms with Gasteiger partial charge < -0.3 is 9.47 Å². The summed E-state index contributed by atoms with van der Waals surface area (Å²) < 4.78 is 11.5. The zero-order valence-electron chi connectivity index (χ0n) is 12.6. The lowest BCUT2D eigenvalue weighted by Crippen LogP contribution is -2.28. The highest BCUT2D eigenvalue weighted by Gasteiger charge is 2.54. The summed E-state index contributed by atoms with van der Waals surface area (Å²) in [6.45, 7) is 0.715. The molecule has 1 aromatic carbocycles. The predicted molar refractivity (Wildman–Crippen MR) is 83.9 cm³/mol. The van der Waals surface area contributed by atoms with E-state index in [-0.39, 0.29) is 11.4 Å². The summed E-state index contributed by atoms with van der Waals surface area (Å²) in [5, 5.41) is 0. The van der Waals surface area contributed by atoms with E-state index >= 15 is 0 Å². The quantitative estimate of drug-likeness (QED) is 0.777. The lowest BCUT2D eigenvalue weighted by molar-refractivity contribution is -0.181. The van der Waals surface area contributed by atoms with Crippen molar-refractivity contribution in [3.05, 3.63) is 53.6 Å². The maximum Gasteiger partial charge on any atom is 0.340 e. The normalized spacial score (nSPS) is 29.6. The number of carbonyl (C=O) groups excluding carboxylic acids is 1. The van der Waals surface area contributed by atoms with Gasteiger partial charge in [0.25, 0.3) is 0 Å². The number of ether oxygens (including phenoxy) is 2. The molecule has 2 fully saturated rings. The molecule has 1 saturated heterocycles. The molecular formula is C19H20O3. The lowest BCUT2D eigenvalue weighted by Gasteiger charge is -2.22. The van der Waals surface area contributed by atoms with E-state index in [2.05, 4.69) is 0 Å². The van der Waals surface area contributed by atoms with Gasteiger partial charge in [-0.3, -0.25) is 0 Å². The van der Waals surface area contributed by atoms with Crippen molar-refractivity contribution >= 4 is 12.0 Å². The van der Waals surface area contributed by atoms with Crippen LogP contribution in [0, 0.1) is 5.41 Å². The van der Waals surface area contributed by atoms with Gasteiger partial charge in [0.15, 0.2) is 0 Å². The molecule has 1 atom stereocenters. The number of hydrogen-bond donors (Lipinski definition) is 0. The highest BCUT2D eigenvalue weighted by molar-refractivity contribution is 5.95. The largest absolute Gasteiger partial charge is 0.426 e. The average Bonchev–Trinajstić information content (AvgIpc) is 3.20. The van der Waals surface area contributed by atoms with Crippen molar-refractivity contribution < 1.29 is 14.3 Å². The van der Waals surface area contributed by atoms with Crippen molar-refractivity contribution in [1.82, 2.24) is 0 Å². The van der Waals surface area contributed by atoms with Gasteiger partial charge in [0.2, 0.25) is 5.79 Å². The molecule has 1 unspecified atom stereocenters. The van der Waals surface area contributed by atoms with Crippen molar-refractivity contribution in [2.45, 2.75) is 37.9 Å². The van der Waals surface area contributed by atoms with Crippen LogP contribution < -0.4 is 0 Å². The Morgan fingerprint density at radius 2 is 1.82 bits per heavy atom. The van der Waals surface area contributed by atoms with Crippen molar-refractivity contribution in [2.24, 2.45) is 5.41 Å². The van der Waals surface area contributed by atoms with E-state index in [1.54, 1.807) is 0 Å². The molecule has 3 nitrogen and oxygen atoms in total. The van der Waals surface area contributed by atoms with Crippen LogP contribution >= 0.6 is 0 Å². The topological polar surface area (TPSA) is 35.5 Å². The fourth-order valence-corrected chi connectivity index (χ4v) is 3.91. The van der Waals surface area contributed by atoms with E-state index in [0.29, 0.717) is 12.2 Å².